The first-order chi connectivity index (χ1) is 10.6. The van der Waals surface area contributed by atoms with E-state index < -0.39 is 15.7 Å². The molecule has 1 aliphatic heterocycles. The summed E-state index contributed by atoms with van der Waals surface area (Å²) in [7, 11) is -1.19. The van der Waals surface area contributed by atoms with Gasteiger partial charge in [0.15, 0.2) is 0 Å². The number of aromatic nitrogens is 2. The second-order valence-electron chi connectivity index (χ2n) is 5.34. The summed E-state index contributed by atoms with van der Waals surface area (Å²) in [5.74, 6) is 1.03. The number of hydrogen-bond donors (Lipinski definition) is 1. The summed E-state index contributed by atoms with van der Waals surface area (Å²) in [4.78, 5) is 18.8. The topological polar surface area (TPSA) is 98.0 Å². The number of nitrogens with one attached hydrogen (secondary N) is 1. The summed E-state index contributed by atoms with van der Waals surface area (Å²) in [6.07, 6.45) is 3.52. The van der Waals surface area contributed by atoms with Crippen LogP contribution in [-0.4, -0.2) is 37.9 Å². The average Bonchev–Trinajstić information content (AvgIpc) is 2.54. The second-order valence-corrected chi connectivity index (χ2v) is 6.79. The van der Waals surface area contributed by atoms with Crippen LogP contribution >= 0.6 is 12.4 Å². The summed E-state index contributed by atoms with van der Waals surface area (Å²) >= 11 is 0. The maximum absolute atomic E-state index is 12.4. The molecular weight excluding hydrogens is 340 g/mol. The van der Waals surface area contributed by atoms with Gasteiger partial charge >= 0.3 is 0 Å². The van der Waals surface area contributed by atoms with Crippen LogP contribution in [0.3, 0.4) is 0 Å². The zero-order chi connectivity index (χ0) is 15.5. The van der Waals surface area contributed by atoms with Gasteiger partial charge in [-0.2, -0.15) is 0 Å². The molecule has 1 fully saturated rings. The number of halogens is 1. The third kappa shape index (κ3) is 4.21. The molecule has 1 aromatic carbocycles. The van der Waals surface area contributed by atoms with E-state index in [1.165, 1.54) is 18.3 Å². The summed E-state index contributed by atoms with van der Waals surface area (Å²) < 4.78 is 12.4. The van der Waals surface area contributed by atoms with Gasteiger partial charge in [0, 0.05) is 17.9 Å². The Labute approximate surface area is 141 Å². The number of benzene rings is 1. The van der Waals surface area contributed by atoms with Crippen LogP contribution in [-0.2, 0) is 10.8 Å². The first-order valence-electron chi connectivity index (χ1n) is 7.14. The van der Waals surface area contributed by atoms with Crippen LogP contribution < -0.4 is 5.32 Å². The minimum atomic E-state index is -1.19. The van der Waals surface area contributed by atoms with Crippen molar-refractivity contribution < 1.29 is 9.13 Å². The third-order valence-electron chi connectivity index (χ3n) is 3.79. The molecule has 0 saturated carbocycles. The number of fused-ring (bicyclic) bond motifs is 1. The fraction of sp³-hybridized carbons (Fsp3) is 0.429. The normalized spacial score (nSPS) is 16.7. The molecule has 1 saturated heterocycles. The van der Waals surface area contributed by atoms with Crippen molar-refractivity contribution in [2.75, 3.05) is 18.8 Å². The molecule has 1 aromatic heterocycles. The van der Waals surface area contributed by atoms with Crippen LogP contribution in [0.4, 0.5) is 5.69 Å². The minimum absolute atomic E-state index is 0. The maximum Gasteiger partial charge on any atom is 0.271 e. The van der Waals surface area contributed by atoms with E-state index in [9.17, 15) is 14.3 Å². The van der Waals surface area contributed by atoms with E-state index in [-0.39, 0.29) is 18.1 Å². The van der Waals surface area contributed by atoms with Crippen molar-refractivity contribution in [3.8, 4) is 0 Å². The van der Waals surface area contributed by atoms with Crippen LogP contribution in [0.1, 0.15) is 12.8 Å². The average molecular weight is 357 g/mol. The van der Waals surface area contributed by atoms with Gasteiger partial charge in [0.05, 0.1) is 33.0 Å². The molecule has 7 nitrogen and oxygen atoms in total. The highest BCUT2D eigenvalue weighted by atomic mass is 35.5. The van der Waals surface area contributed by atoms with Gasteiger partial charge in [-0.25, -0.2) is 4.98 Å². The van der Waals surface area contributed by atoms with Gasteiger partial charge in [0.1, 0.15) is 5.03 Å². The highest BCUT2D eigenvalue weighted by Gasteiger charge is 2.18. The second kappa shape index (κ2) is 7.76. The smallest absolute Gasteiger partial charge is 0.271 e. The fourth-order valence-corrected chi connectivity index (χ4v) is 3.86. The van der Waals surface area contributed by atoms with E-state index in [0.717, 1.165) is 25.9 Å². The molecular formula is C14H17ClN4O3S. The molecule has 0 amide bonds. The lowest BCUT2D eigenvalue weighted by molar-refractivity contribution is -0.384. The third-order valence-corrected chi connectivity index (χ3v) is 5.23. The van der Waals surface area contributed by atoms with Crippen molar-refractivity contribution in [2.24, 2.45) is 5.92 Å². The summed E-state index contributed by atoms with van der Waals surface area (Å²) in [5, 5.41) is 14.5. The molecule has 0 spiro atoms. The summed E-state index contributed by atoms with van der Waals surface area (Å²) in [6.45, 7) is 1.93. The summed E-state index contributed by atoms with van der Waals surface area (Å²) in [6, 6.07) is 4.31. The number of hydrogen-bond acceptors (Lipinski definition) is 6. The number of nitrogens with zero attached hydrogens (tertiary/aromatic N) is 3. The fourth-order valence-electron chi connectivity index (χ4n) is 2.55. The van der Waals surface area contributed by atoms with Crippen molar-refractivity contribution in [2.45, 2.75) is 17.9 Å². The quantitative estimate of drug-likeness (QED) is 0.665. The van der Waals surface area contributed by atoms with Gasteiger partial charge in [-0.15, -0.1) is 12.4 Å². The van der Waals surface area contributed by atoms with Crippen molar-refractivity contribution in [3.05, 3.63) is 34.5 Å². The number of nitro groups is 1. The molecule has 9 heteroatoms. The number of non-ortho nitro benzene ring substituents is 1. The first kappa shape index (κ1) is 17.7. The van der Waals surface area contributed by atoms with Crippen molar-refractivity contribution in [3.63, 3.8) is 0 Å². The minimum Gasteiger partial charge on any atom is -0.317 e. The molecule has 2 aromatic rings. The van der Waals surface area contributed by atoms with E-state index in [1.54, 1.807) is 6.07 Å². The van der Waals surface area contributed by atoms with Gasteiger partial charge in [-0.3, -0.25) is 19.3 Å². The van der Waals surface area contributed by atoms with Gasteiger partial charge in [0.25, 0.3) is 5.69 Å². The Kier molecular flexibility index (Phi) is 5.97. The Morgan fingerprint density at radius 1 is 1.30 bits per heavy atom. The predicted octanol–water partition coefficient (Wildman–Crippen LogP) is 2.07. The first-order valence-corrected chi connectivity index (χ1v) is 8.45. The lowest BCUT2D eigenvalue weighted by Gasteiger charge is -2.21. The lowest BCUT2D eigenvalue weighted by atomic mass is 10.0. The Morgan fingerprint density at radius 2 is 2.04 bits per heavy atom. The van der Waals surface area contributed by atoms with Crippen LogP contribution in [0, 0.1) is 16.0 Å². The molecule has 0 radical (unpaired) electrons. The van der Waals surface area contributed by atoms with Gasteiger partial charge in [0.2, 0.25) is 0 Å². The number of rotatable bonds is 4. The SMILES string of the molecule is Cl.O=[N+]([O-])c1ccc2nc(S(=O)CC3CCNCC3)cnc2c1. The van der Waals surface area contributed by atoms with Gasteiger partial charge < -0.3 is 5.32 Å². The molecule has 2 heterocycles. The molecule has 1 atom stereocenters. The van der Waals surface area contributed by atoms with Crippen molar-refractivity contribution >= 4 is 39.9 Å². The number of piperidine rings is 1. The molecule has 1 N–H and O–H groups in total. The van der Waals surface area contributed by atoms with Crippen molar-refractivity contribution in [1.82, 2.24) is 15.3 Å². The maximum atomic E-state index is 12.4. The molecule has 124 valence electrons. The molecule has 1 aliphatic rings. The van der Waals surface area contributed by atoms with E-state index >= 15 is 0 Å². The van der Waals surface area contributed by atoms with E-state index in [0.29, 0.717) is 27.7 Å². The largest absolute Gasteiger partial charge is 0.317 e. The molecule has 0 aliphatic carbocycles. The molecule has 23 heavy (non-hydrogen) atoms. The highest BCUT2D eigenvalue weighted by Crippen LogP contribution is 2.20. The molecule has 3 rings (SSSR count). The molecule has 0 bridgehead atoms. The predicted molar refractivity (Wildman–Crippen MR) is 90.3 cm³/mol. The Bertz CT molecular complexity index is 737. The highest BCUT2D eigenvalue weighted by molar-refractivity contribution is 7.84. The monoisotopic (exact) mass is 356 g/mol. The Morgan fingerprint density at radius 3 is 2.74 bits per heavy atom. The van der Waals surface area contributed by atoms with Crippen LogP contribution in [0.15, 0.2) is 29.4 Å². The standard InChI is InChI=1S/C14H16N4O3S.ClH/c19-18(20)11-1-2-12-13(7-11)16-8-14(17-12)22(21)9-10-3-5-15-6-4-10;/h1-2,7-8,10,15H,3-6,9H2;1H. The van der Waals surface area contributed by atoms with Crippen LogP contribution in [0.5, 0.6) is 0 Å². The Balaban J connectivity index is 0.00000192. The van der Waals surface area contributed by atoms with E-state index in [2.05, 4.69) is 15.3 Å². The van der Waals surface area contributed by atoms with Gasteiger partial charge in [-0.1, -0.05) is 0 Å². The number of nitro benzene ring substituents is 1. The van der Waals surface area contributed by atoms with Gasteiger partial charge in [-0.05, 0) is 37.9 Å². The lowest BCUT2D eigenvalue weighted by Crippen LogP contribution is -2.30. The summed E-state index contributed by atoms with van der Waals surface area (Å²) in [5.41, 5.74) is 0.948. The van der Waals surface area contributed by atoms with Crippen molar-refractivity contribution in [1.29, 1.82) is 0 Å². The van der Waals surface area contributed by atoms with E-state index in [1.807, 2.05) is 0 Å². The van der Waals surface area contributed by atoms with E-state index in [4.69, 9.17) is 0 Å². The zero-order valence-corrected chi connectivity index (χ0v) is 13.9. The molecule has 1 unspecified atom stereocenters. The Hall–Kier alpha value is -1.64. The van der Waals surface area contributed by atoms with Crippen LogP contribution in [0.2, 0.25) is 0 Å². The zero-order valence-electron chi connectivity index (χ0n) is 12.3. The van der Waals surface area contributed by atoms with Crippen LogP contribution in [0.25, 0.3) is 11.0 Å².